The van der Waals surface area contributed by atoms with Crippen LogP contribution >= 0.6 is 15.9 Å². The minimum atomic E-state index is -3.78. The zero-order chi connectivity index (χ0) is 14.8. The smallest absolute Gasteiger partial charge is 0.244 e. The highest BCUT2D eigenvalue weighted by atomic mass is 79.9. The molecule has 0 atom stereocenters. The molecular weight excluding hydrogens is 350 g/mol. The van der Waals surface area contributed by atoms with Gasteiger partial charge in [0.2, 0.25) is 10.0 Å². The SMILES string of the molecule is COc1cc(Br)c(N)cc1S(=O)(=O)NCc1ncn[nH]1. The number of aromatic amines is 1. The predicted molar refractivity (Wildman–Crippen MR) is 75.5 cm³/mol. The molecule has 0 amide bonds. The van der Waals surface area contributed by atoms with E-state index in [4.69, 9.17) is 10.5 Å². The third-order valence-electron chi connectivity index (χ3n) is 2.47. The molecule has 1 heterocycles. The van der Waals surface area contributed by atoms with E-state index in [1.807, 2.05) is 0 Å². The lowest BCUT2D eigenvalue weighted by Gasteiger charge is -2.12. The van der Waals surface area contributed by atoms with Crippen molar-refractivity contribution in [3.05, 3.63) is 28.8 Å². The first-order chi connectivity index (χ1) is 9.44. The van der Waals surface area contributed by atoms with Crippen LogP contribution in [0.2, 0.25) is 0 Å². The van der Waals surface area contributed by atoms with Gasteiger partial charge in [0.25, 0.3) is 0 Å². The summed E-state index contributed by atoms with van der Waals surface area (Å²) in [6.45, 7) is -0.0124. The van der Waals surface area contributed by atoms with Crippen LogP contribution in [-0.2, 0) is 16.6 Å². The molecule has 108 valence electrons. The van der Waals surface area contributed by atoms with Gasteiger partial charge in [0.05, 0.1) is 13.7 Å². The molecule has 0 saturated carbocycles. The Kier molecular flexibility index (Phi) is 4.26. The standard InChI is InChI=1S/C10H12BrN5O3S/c1-19-8-2-6(11)7(12)3-9(8)20(17,18)15-4-10-13-5-14-16-10/h2-3,5,15H,4,12H2,1H3,(H,13,14,16). The second kappa shape index (κ2) is 5.77. The van der Waals surface area contributed by atoms with Crippen LogP contribution < -0.4 is 15.2 Å². The molecule has 0 aliphatic carbocycles. The molecule has 0 radical (unpaired) electrons. The molecule has 1 aromatic heterocycles. The number of sulfonamides is 1. The quantitative estimate of drug-likeness (QED) is 0.671. The van der Waals surface area contributed by atoms with Crippen LogP contribution in [0.25, 0.3) is 0 Å². The summed E-state index contributed by atoms with van der Waals surface area (Å²) in [7, 11) is -2.40. The zero-order valence-corrected chi connectivity index (χ0v) is 12.8. The molecular formula is C10H12BrN5O3S. The summed E-state index contributed by atoms with van der Waals surface area (Å²) in [4.78, 5) is 3.79. The fourth-order valence-corrected chi connectivity index (χ4v) is 2.97. The summed E-state index contributed by atoms with van der Waals surface area (Å²) in [5.74, 6) is 0.591. The number of nitrogens with one attached hydrogen (secondary N) is 2. The molecule has 0 aliphatic heterocycles. The number of nitrogens with zero attached hydrogens (tertiary/aromatic N) is 2. The van der Waals surface area contributed by atoms with Crippen molar-refractivity contribution in [2.45, 2.75) is 11.4 Å². The largest absolute Gasteiger partial charge is 0.495 e. The maximum absolute atomic E-state index is 12.2. The van der Waals surface area contributed by atoms with Gasteiger partial charge >= 0.3 is 0 Å². The van der Waals surface area contributed by atoms with Crippen molar-refractivity contribution in [1.82, 2.24) is 19.9 Å². The van der Waals surface area contributed by atoms with Crippen LogP contribution in [0.5, 0.6) is 5.75 Å². The van der Waals surface area contributed by atoms with Gasteiger partial charge in [-0.3, -0.25) is 5.10 Å². The lowest BCUT2D eigenvalue weighted by Crippen LogP contribution is -2.24. The minimum Gasteiger partial charge on any atom is -0.495 e. The molecule has 20 heavy (non-hydrogen) atoms. The van der Waals surface area contributed by atoms with Gasteiger partial charge in [0, 0.05) is 10.2 Å². The van der Waals surface area contributed by atoms with E-state index in [1.54, 1.807) is 0 Å². The van der Waals surface area contributed by atoms with E-state index in [1.165, 1.54) is 25.6 Å². The topological polar surface area (TPSA) is 123 Å². The Labute approximate surface area is 123 Å². The van der Waals surface area contributed by atoms with Gasteiger partial charge in [-0.05, 0) is 28.1 Å². The molecule has 8 nitrogen and oxygen atoms in total. The van der Waals surface area contributed by atoms with Crippen molar-refractivity contribution in [3.8, 4) is 5.75 Å². The number of methoxy groups -OCH3 is 1. The van der Waals surface area contributed by atoms with E-state index in [2.05, 4.69) is 35.8 Å². The number of anilines is 1. The van der Waals surface area contributed by atoms with Crippen LogP contribution in [-0.4, -0.2) is 30.7 Å². The van der Waals surface area contributed by atoms with E-state index < -0.39 is 10.0 Å². The second-order valence-corrected chi connectivity index (χ2v) is 6.37. The van der Waals surface area contributed by atoms with E-state index in [0.29, 0.717) is 16.0 Å². The average molecular weight is 362 g/mol. The van der Waals surface area contributed by atoms with Crippen LogP contribution in [0.1, 0.15) is 5.82 Å². The van der Waals surface area contributed by atoms with Crippen LogP contribution in [0.15, 0.2) is 27.8 Å². The predicted octanol–water partition coefficient (Wildman–Crippen LogP) is 0.637. The third kappa shape index (κ3) is 3.08. The van der Waals surface area contributed by atoms with Gasteiger partial charge < -0.3 is 10.5 Å². The number of rotatable bonds is 5. The Balaban J connectivity index is 2.31. The Morgan fingerprint density at radius 2 is 2.25 bits per heavy atom. The van der Waals surface area contributed by atoms with Gasteiger partial charge in [-0.25, -0.2) is 18.1 Å². The summed E-state index contributed by atoms with van der Waals surface area (Å²) in [5.41, 5.74) is 6.01. The normalized spacial score (nSPS) is 11.5. The highest BCUT2D eigenvalue weighted by Crippen LogP contribution is 2.32. The zero-order valence-electron chi connectivity index (χ0n) is 10.4. The molecule has 0 saturated heterocycles. The van der Waals surface area contributed by atoms with Crippen molar-refractivity contribution in [3.63, 3.8) is 0 Å². The first-order valence-electron chi connectivity index (χ1n) is 5.41. The molecule has 1 aromatic carbocycles. The summed E-state index contributed by atoms with van der Waals surface area (Å²) in [5, 5.41) is 6.19. The van der Waals surface area contributed by atoms with Crippen molar-refractivity contribution in [1.29, 1.82) is 0 Å². The molecule has 0 aliphatic rings. The summed E-state index contributed by atoms with van der Waals surface area (Å²) >= 11 is 3.21. The highest BCUT2D eigenvalue weighted by Gasteiger charge is 2.21. The van der Waals surface area contributed by atoms with Crippen molar-refractivity contribution in [2.24, 2.45) is 0 Å². The van der Waals surface area contributed by atoms with Crippen molar-refractivity contribution in [2.75, 3.05) is 12.8 Å². The number of halogens is 1. The van der Waals surface area contributed by atoms with E-state index >= 15 is 0 Å². The molecule has 10 heteroatoms. The fraction of sp³-hybridized carbons (Fsp3) is 0.200. The highest BCUT2D eigenvalue weighted by molar-refractivity contribution is 9.10. The number of nitrogens with two attached hydrogens (primary N) is 1. The number of ether oxygens (including phenoxy) is 1. The number of hydrogen-bond donors (Lipinski definition) is 3. The maximum atomic E-state index is 12.2. The van der Waals surface area contributed by atoms with Crippen LogP contribution in [0.4, 0.5) is 5.69 Å². The van der Waals surface area contributed by atoms with Gasteiger partial charge in [-0.2, -0.15) is 5.10 Å². The molecule has 0 spiro atoms. The second-order valence-electron chi connectivity index (χ2n) is 3.78. The van der Waals surface area contributed by atoms with Gasteiger partial charge in [0.1, 0.15) is 22.8 Å². The number of H-pyrrole nitrogens is 1. The fourth-order valence-electron chi connectivity index (χ4n) is 1.48. The van der Waals surface area contributed by atoms with Crippen molar-refractivity contribution >= 4 is 31.6 Å². The van der Waals surface area contributed by atoms with Crippen LogP contribution in [0.3, 0.4) is 0 Å². The average Bonchev–Trinajstić information content (AvgIpc) is 2.92. The Morgan fingerprint density at radius 3 is 2.85 bits per heavy atom. The lowest BCUT2D eigenvalue weighted by molar-refractivity contribution is 0.402. The Morgan fingerprint density at radius 1 is 1.50 bits per heavy atom. The van der Waals surface area contributed by atoms with Crippen LogP contribution in [0, 0.1) is 0 Å². The first-order valence-corrected chi connectivity index (χ1v) is 7.68. The molecule has 4 N–H and O–H groups in total. The lowest BCUT2D eigenvalue weighted by atomic mass is 10.3. The molecule has 0 bridgehead atoms. The number of benzene rings is 1. The third-order valence-corrected chi connectivity index (χ3v) is 4.58. The van der Waals surface area contributed by atoms with Gasteiger partial charge in [-0.15, -0.1) is 0 Å². The Bertz CT molecular complexity index is 702. The molecule has 2 aromatic rings. The minimum absolute atomic E-state index is 0.0124. The van der Waals surface area contributed by atoms with Gasteiger partial charge in [0.15, 0.2) is 0 Å². The molecule has 0 fully saturated rings. The monoisotopic (exact) mass is 361 g/mol. The number of aromatic nitrogens is 3. The molecule has 2 rings (SSSR count). The van der Waals surface area contributed by atoms with E-state index in [-0.39, 0.29) is 17.2 Å². The summed E-state index contributed by atoms with van der Waals surface area (Å²) in [6.07, 6.45) is 1.29. The molecule has 0 unspecified atom stereocenters. The number of hydrogen-bond acceptors (Lipinski definition) is 6. The summed E-state index contributed by atoms with van der Waals surface area (Å²) in [6, 6.07) is 2.82. The van der Waals surface area contributed by atoms with Crippen molar-refractivity contribution < 1.29 is 13.2 Å². The Hall–Kier alpha value is -1.65. The maximum Gasteiger partial charge on any atom is 0.244 e. The van der Waals surface area contributed by atoms with E-state index in [0.717, 1.165) is 0 Å². The summed E-state index contributed by atoms with van der Waals surface area (Å²) < 4.78 is 32.5. The number of nitrogen functional groups attached to an aromatic ring is 1. The van der Waals surface area contributed by atoms with E-state index in [9.17, 15) is 8.42 Å². The first kappa shape index (κ1) is 14.8. The van der Waals surface area contributed by atoms with Gasteiger partial charge in [-0.1, -0.05) is 0 Å².